The second kappa shape index (κ2) is 9.63. The van der Waals surface area contributed by atoms with Crippen molar-refractivity contribution >= 4 is 22.4 Å². The molecule has 0 saturated carbocycles. The van der Waals surface area contributed by atoms with Crippen molar-refractivity contribution in [2.75, 3.05) is 44.6 Å². The number of carbonyl (C=O) groups excluding carboxylic acids is 1. The summed E-state index contributed by atoms with van der Waals surface area (Å²) >= 11 is 1.49. The summed E-state index contributed by atoms with van der Waals surface area (Å²) < 4.78 is 0. The van der Waals surface area contributed by atoms with Crippen LogP contribution in [0.25, 0.3) is 11.3 Å². The van der Waals surface area contributed by atoms with Crippen molar-refractivity contribution in [1.82, 2.24) is 14.8 Å². The lowest BCUT2D eigenvalue weighted by molar-refractivity contribution is -0.117. The van der Waals surface area contributed by atoms with E-state index in [0.717, 1.165) is 44.0 Å². The predicted molar refractivity (Wildman–Crippen MR) is 118 cm³/mol. The van der Waals surface area contributed by atoms with Crippen molar-refractivity contribution in [3.05, 3.63) is 34.7 Å². The van der Waals surface area contributed by atoms with E-state index in [1.165, 1.54) is 28.9 Å². The highest BCUT2D eigenvalue weighted by molar-refractivity contribution is 7.14. The number of nitrogens with one attached hydrogen (secondary N) is 1. The number of amides is 1. The third kappa shape index (κ3) is 5.40. The molecule has 6 heteroatoms. The Morgan fingerprint density at radius 1 is 1.29 bits per heavy atom. The van der Waals surface area contributed by atoms with E-state index in [4.69, 9.17) is 0 Å². The van der Waals surface area contributed by atoms with E-state index in [2.05, 4.69) is 66.0 Å². The maximum atomic E-state index is 12.5. The Morgan fingerprint density at radius 2 is 2.07 bits per heavy atom. The number of aromatic nitrogens is 1. The zero-order valence-electron chi connectivity index (χ0n) is 17.5. The highest BCUT2D eigenvalue weighted by Crippen LogP contribution is 2.26. The van der Waals surface area contributed by atoms with Gasteiger partial charge in [0.05, 0.1) is 12.2 Å². The number of benzene rings is 1. The van der Waals surface area contributed by atoms with E-state index in [9.17, 15) is 4.79 Å². The second-order valence-electron chi connectivity index (χ2n) is 7.76. The van der Waals surface area contributed by atoms with Crippen molar-refractivity contribution < 1.29 is 4.79 Å². The van der Waals surface area contributed by atoms with Gasteiger partial charge in [0.25, 0.3) is 0 Å². The van der Waals surface area contributed by atoms with E-state index in [-0.39, 0.29) is 5.91 Å². The van der Waals surface area contributed by atoms with Gasteiger partial charge >= 0.3 is 0 Å². The summed E-state index contributed by atoms with van der Waals surface area (Å²) in [7, 11) is 0. The van der Waals surface area contributed by atoms with E-state index in [1.807, 2.05) is 5.38 Å². The summed E-state index contributed by atoms with van der Waals surface area (Å²) in [6, 6.07) is 6.35. The summed E-state index contributed by atoms with van der Waals surface area (Å²) in [4.78, 5) is 21.8. The summed E-state index contributed by atoms with van der Waals surface area (Å²) in [6.07, 6.45) is 1.18. The summed E-state index contributed by atoms with van der Waals surface area (Å²) in [5, 5.41) is 5.67. The minimum Gasteiger partial charge on any atom is -0.304 e. The molecular weight excluding hydrogens is 368 g/mol. The Labute approximate surface area is 172 Å². The van der Waals surface area contributed by atoms with Crippen LogP contribution in [0.1, 0.15) is 31.4 Å². The number of carbonyl (C=O) groups is 1. The molecule has 1 N–H and O–H groups in total. The summed E-state index contributed by atoms with van der Waals surface area (Å²) in [6.45, 7) is 14.4. The van der Waals surface area contributed by atoms with Gasteiger partial charge in [0, 0.05) is 24.0 Å². The average Bonchev–Trinajstić information content (AvgIpc) is 3.31. The van der Waals surface area contributed by atoms with Gasteiger partial charge in [-0.1, -0.05) is 26.0 Å². The normalized spacial score (nSPS) is 17.4. The van der Waals surface area contributed by atoms with Crippen molar-refractivity contribution in [1.29, 1.82) is 0 Å². The van der Waals surface area contributed by atoms with Crippen LogP contribution in [0.2, 0.25) is 0 Å². The molecule has 0 unspecified atom stereocenters. The van der Waals surface area contributed by atoms with Gasteiger partial charge in [-0.25, -0.2) is 4.98 Å². The van der Waals surface area contributed by atoms with E-state index in [1.54, 1.807) is 0 Å². The maximum Gasteiger partial charge on any atom is 0.240 e. The number of hydrogen-bond donors (Lipinski definition) is 1. The van der Waals surface area contributed by atoms with Crippen LogP contribution in [-0.2, 0) is 4.79 Å². The monoisotopic (exact) mass is 400 g/mol. The van der Waals surface area contributed by atoms with E-state index in [0.29, 0.717) is 17.6 Å². The van der Waals surface area contributed by atoms with Gasteiger partial charge in [0.15, 0.2) is 5.13 Å². The van der Waals surface area contributed by atoms with Gasteiger partial charge in [0.1, 0.15) is 0 Å². The maximum absolute atomic E-state index is 12.5. The number of aryl methyl sites for hydroxylation is 2. The van der Waals surface area contributed by atoms with Crippen LogP contribution < -0.4 is 5.32 Å². The molecule has 2 aromatic rings. The van der Waals surface area contributed by atoms with Crippen molar-refractivity contribution in [2.24, 2.45) is 5.92 Å². The molecule has 1 fully saturated rings. The van der Waals surface area contributed by atoms with Crippen LogP contribution >= 0.6 is 11.3 Å². The Bertz CT molecular complexity index is 800. The highest BCUT2D eigenvalue weighted by Gasteiger charge is 2.25. The third-order valence-corrected chi connectivity index (χ3v) is 6.46. The molecule has 152 valence electrons. The minimum atomic E-state index is 0.0319. The fourth-order valence-electron chi connectivity index (χ4n) is 3.78. The Morgan fingerprint density at radius 3 is 2.79 bits per heavy atom. The molecule has 2 heterocycles. The lowest BCUT2D eigenvalue weighted by Gasteiger charge is -2.22. The molecule has 28 heavy (non-hydrogen) atoms. The number of thiazole rings is 1. The van der Waals surface area contributed by atoms with Crippen LogP contribution in [0.3, 0.4) is 0 Å². The minimum absolute atomic E-state index is 0.0319. The van der Waals surface area contributed by atoms with Crippen LogP contribution in [0, 0.1) is 19.8 Å². The lowest BCUT2D eigenvalue weighted by atomic mass is 10.1. The van der Waals surface area contributed by atoms with E-state index >= 15 is 0 Å². The van der Waals surface area contributed by atoms with Crippen LogP contribution in [0.4, 0.5) is 5.13 Å². The molecule has 0 spiro atoms. The first-order valence-corrected chi connectivity index (χ1v) is 11.1. The zero-order chi connectivity index (χ0) is 20.1. The van der Waals surface area contributed by atoms with Crippen molar-refractivity contribution in [2.45, 2.75) is 34.1 Å². The van der Waals surface area contributed by atoms with E-state index < -0.39 is 0 Å². The molecule has 1 aromatic carbocycles. The molecule has 1 aromatic heterocycles. The number of likely N-dealkylation sites (tertiary alicyclic amines) is 1. The van der Waals surface area contributed by atoms with Gasteiger partial charge in [-0.15, -0.1) is 11.3 Å². The number of rotatable bonds is 8. The first-order valence-electron chi connectivity index (χ1n) is 10.3. The fraction of sp³-hybridized carbons (Fsp3) is 0.545. The molecular formula is C22H32N4OS. The Kier molecular flexibility index (Phi) is 7.21. The topological polar surface area (TPSA) is 48.5 Å². The lowest BCUT2D eigenvalue weighted by Crippen LogP contribution is -2.34. The highest BCUT2D eigenvalue weighted by atomic mass is 32.1. The average molecular weight is 401 g/mol. The van der Waals surface area contributed by atoms with Crippen molar-refractivity contribution in [3.63, 3.8) is 0 Å². The molecule has 0 radical (unpaired) electrons. The van der Waals surface area contributed by atoms with Gasteiger partial charge in [-0.05, 0) is 63.0 Å². The second-order valence-corrected chi connectivity index (χ2v) is 8.62. The van der Waals surface area contributed by atoms with Crippen LogP contribution in [0.15, 0.2) is 23.6 Å². The quantitative estimate of drug-likeness (QED) is 0.727. The molecule has 1 saturated heterocycles. The van der Waals surface area contributed by atoms with Gasteiger partial charge < -0.3 is 10.2 Å². The smallest absolute Gasteiger partial charge is 0.240 e. The number of nitrogens with zero attached hydrogens (tertiary/aromatic N) is 3. The van der Waals surface area contributed by atoms with Gasteiger partial charge in [-0.2, -0.15) is 0 Å². The van der Waals surface area contributed by atoms with Crippen LogP contribution in [0.5, 0.6) is 0 Å². The fourth-order valence-corrected chi connectivity index (χ4v) is 4.51. The molecule has 3 rings (SSSR count). The molecule has 0 bridgehead atoms. The molecule has 1 atom stereocenters. The van der Waals surface area contributed by atoms with Crippen LogP contribution in [-0.4, -0.2) is 60.0 Å². The Balaban J connectivity index is 1.50. The van der Waals surface area contributed by atoms with Gasteiger partial charge in [0.2, 0.25) is 5.91 Å². The molecule has 1 amide bonds. The summed E-state index contributed by atoms with van der Waals surface area (Å²) in [5.74, 6) is 0.702. The molecule has 1 aliphatic rings. The summed E-state index contributed by atoms with van der Waals surface area (Å²) in [5.41, 5.74) is 4.55. The first-order chi connectivity index (χ1) is 13.5. The predicted octanol–water partition coefficient (Wildman–Crippen LogP) is 4.03. The Hall–Kier alpha value is -1.76. The molecule has 1 aliphatic heterocycles. The number of hydrogen-bond acceptors (Lipinski definition) is 5. The largest absolute Gasteiger partial charge is 0.304 e. The molecule has 0 aliphatic carbocycles. The SMILES string of the molecule is CCN(CC)C[C@@H]1CCN(CC(=O)Nc2nc(-c3ccc(C)c(C)c3)cs2)C1. The first kappa shape index (κ1) is 21.0. The standard InChI is InChI=1S/C22H32N4OS/c1-5-25(6-2)12-18-9-10-26(13-18)14-21(27)24-22-23-20(15-28-22)19-8-7-16(3)17(4)11-19/h7-8,11,15,18H,5-6,9-10,12-14H2,1-4H3,(H,23,24,27)/t18-/m0/s1. The zero-order valence-corrected chi connectivity index (χ0v) is 18.3. The van der Waals surface area contributed by atoms with Crippen molar-refractivity contribution in [3.8, 4) is 11.3 Å². The van der Waals surface area contributed by atoms with Gasteiger partial charge in [-0.3, -0.25) is 9.69 Å². The molecule has 5 nitrogen and oxygen atoms in total. The number of anilines is 1. The third-order valence-electron chi connectivity index (χ3n) is 5.70.